The molecule has 14 heavy (non-hydrogen) atoms. The Kier molecular flexibility index (Phi) is 11.3. The predicted molar refractivity (Wildman–Crippen MR) is 44.2 cm³/mol. The van der Waals surface area contributed by atoms with Gasteiger partial charge in [-0.15, -0.1) is 0 Å². The van der Waals surface area contributed by atoms with E-state index in [0.717, 1.165) is 24.9 Å². The van der Waals surface area contributed by atoms with E-state index in [0.29, 0.717) is 0 Å². The van der Waals surface area contributed by atoms with Crippen molar-refractivity contribution < 1.29 is 36.1 Å². The minimum absolute atomic E-state index is 0. The second-order valence-corrected chi connectivity index (χ2v) is 3.09. The zero-order valence-electron chi connectivity index (χ0n) is 7.89. The van der Waals surface area contributed by atoms with E-state index in [9.17, 15) is 0 Å². The molecule has 1 saturated carbocycles. The number of rotatable bonds is 3. The molecule has 0 aromatic heterocycles. The first-order valence-corrected chi connectivity index (χ1v) is 4.33. The van der Waals surface area contributed by atoms with Crippen LogP contribution in [0, 0.1) is 11.8 Å². The maximum atomic E-state index is 8.97. The Morgan fingerprint density at radius 3 is 1.57 bits per heavy atom. The molecule has 0 saturated heterocycles. The summed E-state index contributed by atoms with van der Waals surface area (Å²) in [6.45, 7) is 0.531. The number of carboxylic acids is 1. The minimum Gasteiger partial charge on any atom is -0.850 e. The van der Waals surface area contributed by atoms with E-state index in [1.807, 2.05) is 0 Å². The second-order valence-electron chi connectivity index (χ2n) is 3.09. The molecule has 86 valence electrons. The summed E-state index contributed by atoms with van der Waals surface area (Å²) in [5, 5.41) is 17.9. The standard InChI is InChI=1S/C6H14N2.C2H3O3.Pt/c7-3-5-1-2-6(5)4-8;3-1-2(4)5;/h5-6H,1-4,7-8H2;1H2,(H,4,5);/q;-1;+2/p-1. The van der Waals surface area contributed by atoms with E-state index in [-0.39, 0.29) is 21.1 Å². The summed E-state index contributed by atoms with van der Waals surface area (Å²) in [5.74, 6) is -0.0509. The van der Waals surface area contributed by atoms with Crippen LogP contribution in [-0.4, -0.2) is 25.7 Å². The Hall–Kier alpha value is 0.0383. The van der Waals surface area contributed by atoms with Gasteiger partial charge in [-0.05, 0) is 37.8 Å². The summed E-state index contributed by atoms with van der Waals surface area (Å²) in [4.78, 5) is 8.94. The van der Waals surface area contributed by atoms with Crippen molar-refractivity contribution in [2.75, 3.05) is 19.7 Å². The van der Waals surface area contributed by atoms with Crippen LogP contribution in [0.15, 0.2) is 0 Å². The van der Waals surface area contributed by atoms with E-state index in [1.165, 1.54) is 12.8 Å². The average molecular weight is 383 g/mol. The number of hydrogen-bond acceptors (Lipinski definition) is 5. The van der Waals surface area contributed by atoms with Gasteiger partial charge in [-0.25, -0.2) is 0 Å². The monoisotopic (exact) mass is 383 g/mol. The molecule has 5 nitrogen and oxygen atoms in total. The SMILES string of the molecule is NCC1CCC1CN.O=C([O-])C[O-].[Pt+2]. The van der Waals surface area contributed by atoms with Gasteiger partial charge >= 0.3 is 21.1 Å². The quantitative estimate of drug-likeness (QED) is 0.540. The fourth-order valence-electron chi connectivity index (χ4n) is 1.26. The molecule has 0 bridgehead atoms. The zero-order chi connectivity index (χ0) is 10.3. The molecule has 1 rings (SSSR count). The summed E-state index contributed by atoms with van der Waals surface area (Å²) in [6.07, 6.45) is 2.61. The Morgan fingerprint density at radius 2 is 1.50 bits per heavy atom. The van der Waals surface area contributed by atoms with Crippen LogP contribution >= 0.6 is 0 Å². The molecule has 1 aliphatic carbocycles. The summed E-state index contributed by atoms with van der Waals surface area (Å²) in [6, 6.07) is 0. The van der Waals surface area contributed by atoms with Crippen LogP contribution in [0.4, 0.5) is 0 Å². The number of carbonyl (C=O) groups is 1. The number of hydrogen-bond donors (Lipinski definition) is 2. The molecule has 0 radical (unpaired) electrons. The van der Waals surface area contributed by atoms with Crippen LogP contribution in [0.1, 0.15) is 12.8 Å². The molecule has 6 heteroatoms. The predicted octanol–water partition coefficient (Wildman–Crippen LogP) is -2.98. The second kappa shape index (κ2) is 9.59. The first-order valence-electron chi connectivity index (χ1n) is 4.33. The van der Waals surface area contributed by atoms with Crippen LogP contribution in [0.5, 0.6) is 0 Å². The Morgan fingerprint density at radius 1 is 1.21 bits per heavy atom. The molecule has 0 amide bonds. The number of carbonyl (C=O) groups excluding carboxylic acids is 1. The van der Waals surface area contributed by atoms with Crippen molar-refractivity contribution in [2.45, 2.75) is 12.8 Å². The van der Waals surface area contributed by atoms with Gasteiger partial charge in [-0.1, -0.05) is 6.61 Å². The van der Waals surface area contributed by atoms with Gasteiger partial charge in [0, 0.05) is 5.97 Å². The molecule has 4 N–H and O–H groups in total. The van der Waals surface area contributed by atoms with E-state index in [4.69, 9.17) is 26.5 Å². The molecule has 1 aliphatic rings. The number of carboxylic acid groups (broad SMARTS) is 1. The Labute approximate surface area is 98.1 Å². The van der Waals surface area contributed by atoms with Crippen LogP contribution in [0.3, 0.4) is 0 Å². The topological polar surface area (TPSA) is 115 Å². The summed E-state index contributed by atoms with van der Waals surface area (Å²) < 4.78 is 0. The Balaban J connectivity index is 0. The van der Waals surface area contributed by atoms with E-state index in [2.05, 4.69) is 0 Å². The molecule has 0 aliphatic heterocycles. The Bertz CT molecular complexity index is 144. The fourth-order valence-corrected chi connectivity index (χ4v) is 1.26. The largest absolute Gasteiger partial charge is 2.00 e. The van der Waals surface area contributed by atoms with Crippen molar-refractivity contribution in [3.8, 4) is 0 Å². The number of nitrogens with two attached hydrogens (primary N) is 2. The van der Waals surface area contributed by atoms with E-state index in [1.54, 1.807) is 0 Å². The molecule has 2 atom stereocenters. The van der Waals surface area contributed by atoms with Gasteiger partial charge < -0.3 is 26.5 Å². The first kappa shape index (κ1) is 16.5. The van der Waals surface area contributed by atoms with Gasteiger partial charge in [0.2, 0.25) is 0 Å². The van der Waals surface area contributed by atoms with Gasteiger partial charge in [0.05, 0.1) is 0 Å². The van der Waals surface area contributed by atoms with E-state index >= 15 is 0 Å². The molecule has 0 heterocycles. The normalized spacial score (nSPS) is 23.6. The summed E-state index contributed by atoms with van der Waals surface area (Å²) in [7, 11) is 0. The molecular weight excluding hydrogens is 367 g/mol. The molecule has 0 aromatic carbocycles. The van der Waals surface area contributed by atoms with Crippen molar-refractivity contribution in [3.63, 3.8) is 0 Å². The van der Waals surface area contributed by atoms with Crippen LogP contribution in [0.2, 0.25) is 0 Å². The molecule has 0 aromatic rings. The third-order valence-corrected chi connectivity index (χ3v) is 2.30. The molecular formula is C8H16N2O3Pt. The van der Waals surface area contributed by atoms with Crippen LogP contribution < -0.4 is 21.7 Å². The van der Waals surface area contributed by atoms with Crippen molar-refractivity contribution in [1.82, 2.24) is 0 Å². The minimum atomic E-state index is -1.55. The summed E-state index contributed by atoms with van der Waals surface area (Å²) >= 11 is 0. The van der Waals surface area contributed by atoms with Crippen LogP contribution in [0.25, 0.3) is 0 Å². The zero-order valence-corrected chi connectivity index (χ0v) is 10.2. The third-order valence-electron chi connectivity index (χ3n) is 2.30. The molecule has 2 unspecified atom stereocenters. The van der Waals surface area contributed by atoms with Crippen molar-refractivity contribution in [3.05, 3.63) is 0 Å². The van der Waals surface area contributed by atoms with Crippen molar-refractivity contribution >= 4 is 5.97 Å². The van der Waals surface area contributed by atoms with Gasteiger partial charge in [0.25, 0.3) is 0 Å². The van der Waals surface area contributed by atoms with Gasteiger partial charge in [0.15, 0.2) is 0 Å². The van der Waals surface area contributed by atoms with Crippen LogP contribution in [-0.2, 0) is 25.9 Å². The van der Waals surface area contributed by atoms with Gasteiger partial charge in [-0.2, -0.15) is 0 Å². The smallest absolute Gasteiger partial charge is 0.850 e. The number of aliphatic carboxylic acids is 1. The summed E-state index contributed by atoms with van der Waals surface area (Å²) in [5.41, 5.74) is 10.9. The molecule has 1 fully saturated rings. The third kappa shape index (κ3) is 6.49. The fraction of sp³-hybridized carbons (Fsp3) is 0.875. The van der Waals surface area contributed by atoms with Crippen molar-refractivity contribution in [2.24, 2.45) is 23.3 Å². The van der Waals surface area contributed by atoms with Gasteiger partial charge in [-0.3, -0.25) is 0 Å². The van der Waals surface area contributed by atoms with E-state index < -0.39 is 12.6 Å². The first-order chi connectivity index (χ1) is 6.15. The molecule has 0 spiro atoms. The van der Waals surface area contributed by atoms with Gasteiger partial charge in [0.1, 0.15) is 0 Å². The van der Waals surface area contributed by atoms with Crippen molar-refractivity contribution in [1.29, 1.82) is 0 Å². The maximum absolute atomic E-state index is 8.97. The average Bonchev–Trinajstić information content (AvgIpc) is 2.05. The maximum Gasteiger partial charge on any atom is 2.00 e.